The number of aromatic nitrogens is 2. The van der Waals surface area contributed by atoms with E-state index in [-0.39, 0.29) is 6.04 Å². The molecule has 0 saturated heterocycles. The van der Waals surface area contributed by atoms with E-state index in [4.69, 9.17) is 28.9 Å². The van der Waals surface area contributed by atoms with Gasteiger partial charge in [0, 0.05) is 47.6 Å². The maximum Gasteiger partial charge on any atom is 0.122 e. The molecule has 3 rings (SSSR count). The molecule has 0 saturated carbocycles. The lowest BCUT2D eigenvalue weighted by Crippen LogP contribution is -2.39. The Hall–Kier alpha value is -1.07. The molecule has 0 spiro atoms. The lowest BCUT2D eigenvalue weighted by molar-refractivity contribution is 0.156. The van der Waals surface area contributed by atoms with E-state index in [1.807, 2.05) is 30.6 Å². The molecule has 0 aliphatic carbocycles. The maximum absolute atomic E-state index is 6.31. The van der Waals surface area contributed by atoms with Gasteiger partial charge in [-0.1, -0.05) is 29.3 Å². The third kappa shape index (κ3) is 2.44. The molecule has 2 heterocycles. The van der Waals surface area contributed by atoms with Crippen LogP contribution in [0.3, 0.4) is 0 Å². The SMILES string of the molecule is NCC(c1c(Cl)cccc1Cl)N1CCn2ccnc2C1. The summed E-state index contributed by atoms with van der Waals surface area (Å²) in [5, 5.41) is 1.34. The first-order valence-electron chi connectivity index (χ1n) is 6.58. The van der Waals surface area contributed by atoms with E-state index in [0.717, 1.165) is 31.0 Å². The van der Waals surface area contributed by atoms with Gasteiger partial charge in [0.05, 0.1) is 12.6 Å². The Morgan fingerprint density at radius 3 is 2.70 bits per heavy atom. The van der Waals surface area contributed by atoms with Gasteiger partial charge in [-0.25, -0.2) is 4.98 Å². The van der Waals surface area contributed by atoms with Gasteiger partial charge < -0.3 is 10.3 Å². The monoisotopic (exact) mass is 310 g/mol. The van der Waals surface area contributed by atoms with Gasteiger partial charge in [0.15, 0.2) is 0 Å². The average Bonchev–Trinajstić information content (AvgIpc) is 2.90. The third-order valence-corrected chi connectivity index (χ3v) is 4.43. The minimum atomic E-state index is 0.0154. The predicted molar refractivity (Wildman–Crippen MR) is 80.9 cm³/mol. The molecule has 0 amide bonds. The van der Waals surface area contributed by atoms with Gasteiger partial charge in [0.25, 0.3) is 0 Å². The summed E-state index contributed by atoms with van der Waals surface area (Å²) in [6.45, 7) is 3.06. The average molecular weight is 311 g/mol. The summed E-state index contributed by atoms with van der Waals surface area (Å²) in [6, 6.07) is 5.58. The number of hydrogen-bond donors (Lipinski definition) is 1. The van der Waals surface area contributed by atoms with Crippen molar-refractivity contribution in [2.24, 2.45) is 5.73 Å². The van der Waals surface area contributed by atoms with Gasteiger partial charge in [-0.15, -0.1) is 0 Å². The number of hydrogen-bond acceptors (Lipinski definition) is 3. The van der Waals surface area contributed by atoms with Gasteiger partial charge in [0.1, 0.15) is 5.82 Å². The molecular formula is C14H16Cl2N4. The second-order valence-corrected chi connectivity index (χ2v) is 5.71. The lowest BCUT2D eigenvalue weighted by Gasteiger charge is -2.35. The molecule has 1 aliphatic rings. The minimum Gasteiger partial charge on any atom is -0.333 e. The normalized spacial score (nSPS) is 16.9. The van der Waals surface area contributed by atoms with Gasteiger partial charge in [-0.2, -0.15) is 0 Å². The van der Waals surface area contributed by atoms with Gasteiger partial charge in [-0.05, 0) is 12.1 Å². The zero-order valence-electron chi connectivity index (χ0n) is 11.0. The van der Waals surface area contributed by atoms with E-state index in [2.05, 4.69) is 14.5 Å². The van der Waals surface area contributed by atoms with Crippen LogP contribution in [0.1, 0.15) is 17.4 Å². The van der Waals surface area contributed by atoms with E-state index in [1.54, 1.807) is 0 Å². The lowest BCUT2D eigenvalue weighted by atomic mass is 10.0. The number of nitrogens with zero attached hydrogens (tertiary/aromatic N) is 3. The number of benzene rings is 1. The van der Waals surface area contributed by atoms with Gasteiger partial charge in [0.2, 0.25) is 0 Å². The summed E-state index contributed by atoms with van der Waals surface area (Å²) >= 11 is 12.6. The molecule has 1 atom stereocenters. The summed E-state index contributed by atoms with van der Waals surface area (Å²) in [7, 11) is 0. The zero-order valence-corrected chi connectivity index (χ0v) is 12.5. The van der Waals surface area contributed by atoms with E-state index in [1.165, 1.54) is 0 Å². The highest BCUT2D eigenvalue weighted by Gasteiger charge is 2.27. The first-order valence-corrected chi connectivity index (χ1v) is 7.34. The first kappa shape index (κ1) is 13.9. The standard InChI is InChI=1S/C14H16Cl2N4/c15-10-2-1-3-11(16)14(10)12(8-17)20-7-6-19-5-4-18-13(19)9-20/h1-5,12H,6-9,17H2. The molecule has 2 N–H and O–H groups in total. The Morgan fingerprint density at radius 2 is 2.00 bits per heavy atom. The topological polar surface area (TPSA) is 47.1 Å². The Labute approximate surface area is 128 Å². The van der Waals surface area contributed by atoms with Crippen LogP contribution in [-0.2, 0) is 13.1 Å². The molecule has 4 nitrogen and oxygen atoms in total. The van der Waals surface area contributed by atoms with Crippen LogP contribution in [0.25, 0.3) is 0 Å². The highest BCUT2D eigenvalue weighted by atomic mass is 35.5. The summed E-state index contributed by atoms with van der Waals surface area (Å²) < 4.78 is 2.16. The van der Waals surface area contributed by atoms with Crippen molar-refractivity contribution in [1.82, 2.24) is 14.5 Å². The summed E-state index contributed by atoms with van der Waals surface area (Å²) in [4.78, 5) is 6.66. The zero-order chi connectivity index (χ0) is 14.1. The van der Waals surface area contributed by atoms with E-state index >= 15 is 0 Å². The summed E-state index contributed by atoms with van der Waals surface area (Å²) in [5.41, 5.74) is 6.90. The second kappa shape index (κ2) is 5.74. The van der Waals surface area contributed by atoms with Crippen molar-refractivity contribution >= 4 is 23.2 Å². The molecule has 1 unspecified atom stereocenters. The summed E-state index contributed by atoms with van der Waals surface area (Å²) in [5.74, 6) is 1.05. The second-order valence-electron chi connectivity index (χ2n) is 4.89. The molecule has 6 heteroatoms. The number of nitrogens with two attached hydrogens (primary N) is 1. The van der Waals surface area contributed by atoms with Crippen LogP contribution in [0.4, 0.5) is 0 Å². The molecular weight excluding hydrogens is 295 g/mol. The Balaban J connectivity index is 1.92. The predicted octanol–water partition coefficient (Wildman–Crippen LogP) is 2.71. The highest BCUT2D eigenvalue weighted by Crippen LogP contribution is 2.34. The van der Waals surface area contributed by atoms with Crippen LogP contribution in [0.2, 0.25) is 10.0 Å². The molecule has 0 bridgehead atoms. The van der Waals surface area contributed by atoms with Crippen LogP contribution in [0.5, 0.6) is 0 Å². The number of imidazole rings is 1. The largest absolute Gasteiger partial charge is 0.333 e. The number of halogens is 2. The van der Waals surface area contributed by atoms with Gasteiger partial charge in [-0.3, -0.25) is 4.90 Å². The fraction of sp³-hybridized carbons (Fsp3) is 0.357. The fourth-order valence-corrected chi connectivity index (χ4v) is 3.39. The fourth-order valence-electron chi connectivity index (χ4n) is 2.74. The first-order chi connectivity index (χ1) is 9.70. The van der Waals surface area contributed by atoms with Crippen molar-refractivity contribution in [3.05, 3.63) is 52.0 Å². The Kier molecular flexibility index (Phi) is 3.98. The van der Waals surface area contributed by atoms with Crippen molar-refractivity contribution in [3.63, 3.8) is 0 Å². The molecule has 0 radical (unpaired) electrons. The van der Waals surface area contributed by atoms with Crippen molar-refractivity contribution < 1.29 is 0 Å². The third-order valence-electron chi connectivity index (χ3n) is 3.77. The molecule has 1 aromatic carbocycles. The Morgan fingerprint density at radius 1 is 1.25 bits per heavy atom. The number of rotatable bonds is 3. The van der Waals surface area contributed by atoms with Crippen LogP contribution in [-0.4, -0.2) is 27.5 Å². The van der Waals surface area contributed by atoms with E-state index in [0.29, 0.717) is 16.6 Å². The minimum absolute atomic E-state index is 0.0154. The molecule has 0 fully saturated rings. The quantitative estimate of drug-likeness (QED) is 0.948. The molecule has 1 aliphatic heterocycles. The van der Waals surface area contributed by atoms with Crippen molar-refractivity contribution in [2.45, 2.75) is 19.1 Å². The van der Waals surface area contributed by atoms with Crippen molar-refractivity contribution in [2.75, 3.05) is 13.1 Å². The van der Waals surface area contributed by atoms with Crippen LogP contribution in [0.15, 0.2) is 30.6 Å². The van der Waals surface area contributed by atoms with Gasteiger partial charge >= 0.3 is 0 Å². The van der Waals surface area contributed by atoms with Crippen LogP contribution in [0, 0.1) is 0 Å². The number of fused-ring (bicyclic) bond motifs is 1. The molecule has 20 heavy (non-hydrogen) atoms. The van der Waals surface area contributed by atoms with Crippen LogP contribution >= 0.6 is 23.2 Å². The molecule has 106 valence electrons. The van der Waals surface area contributed by atoms with E-state index < -0.39 is 0 Å². The maximum atomic E-state index is 6.31. The van der Waals surface area contributed by atoms with E-state index in [9.17, 15) is 0 Å². The molecule has 2 aromatic rings. The van der Waals surface area contributed by atoms with Crippen molar-refractivity contribution in [1.29, 1.82) is 0 Å². The Bertz CT molecular complexity index is 591. The highest BCUT2D eigenvalue weighted by molar-refractivity contribution is 6.36. The molecule has 1 aromatic heterocycles. The van der Waals surface area contributed by atoms with Crippen LogP contribution < -0.4 is 5.73 Å². The smallest absolute Gasteiger partial charge is 0.122 e. The van der Waals surface area contributed by atoms with Crippen molar-refractivity contribution in [3.8, 4) is 0 Å². The summed E-state index contributed by atoms with van der Waals surface area (Å²) in [6.07, 6.45) is 3.84.